The Hall–Kier alpha value is -1.49. The second kappa shape index (κ2) is 5.72. The molecular weight excluding hydrogens is 327 g/mol. The lowest BCUT2D eigenvalue weighted by atomic mass is 10.3. The smallest absolute Gasteiger partial charge is 0.272 e. The number of anilines is 1. The van der Waals surface area contributed by atoms with Crippen LogP contribution in [0.4, 0.5) is 5.69 Å². The molecule has 0 fully saturated rings. The predicted molar refractivity (Wildman–Crippen MR) is 89.9 cm³/mol. The number of nitrogens with zero attached hydrogens (tertiary/aromatic N) is 1. The normalized spacial score (nSPS) is 11.0. The van der Waals surface area contributed by atoms with Crippen LogP contribution in [0.25, 0.3) is 10.2 Å². The molecule has 0 unspecified atom stereocenters. The van der Waals surface area contributed by atoms with Crippen LogP contribution in [-0.4, -0.2) is 10.5 Å². The van der Waals surface area contributed by atoms with Gasteiger partial charge in [-0.3, -0.25) is 4.79 Å². The minimum atomic E-state index is -0.176. The van der Waals surface area contributed by atoms with Crippen LogP contribution in [0.3, 0.4) is 0 Å². The number of thiophene rings is 1. The minimum Gasteiger partial charge on any atom is -0.336 e. The number of amides is 1. The number of rotatable bonds is 3. The number of hydrogen-bond donors (Lipinski definition) is 1. The fourth-order valence-corrected chi connectivity index (χ4v) is 3.56. The topological polar surface area (TPSA) is 34.0 Å². The van der Waals surface area contributed by atoms with E-state index in [-0.39, 0.29) is 5.91 Å². The fourth-order valence-electron chi connectivity index (χ4n) is 2.28. The first kappa shape index (κ1) is 14.4. The van der Waals surface area contributed by atoms with E-state index in [9.17, 15) is 4.79 Å². The lowest BCUT2D eigenvalue weighted by Crippen LogP contribution is -2.16. The molecule has 3 rings (SSSR count). The van der Waals surface area contributed by atoms with E-state index in [4.69, 9.17) is 23.2 Å². The average molecular weight is 339 g/mol. The second-order valence-corrected chi connectivity index (χ2v) is 6.31. The summed E-state index contributed by atoms with van der Waals surface area (Å²) in [5.41, 5.74) is 2.26. The molecule has 6 heteroatoms. The number of hydrogen-bond acceptors (Lipinski definition) is 2. The summed E-state index contributed by atoms with van der Waals surface area (Å²) in [4.78, 5) is 12.5. The summed E-state index contributed by atoms with van der Waals surface area (Å²) in [6.45, 7) is 2.75. The molecule has 0 spiro atoms. The highest BCUT2D eigenvalue weighted by atomic mass is 35.5. The van der Waals surface area contributed by atoms with Crippen molar-refractivity contribution in [3.8, 4) is 0 Å². The van der Waals surface area contributed by atoms with Gasteiger partial charge in [0.25, 0.3) is 5.91 Å². The third-order valence-corrected chi connectivity index (χ3v) is 4.65. The largest absolute Gasteiger partial charge is 0.336 e. The van der Waals surface area contributed by atoms with E-state index in [1.807, 2.05) is 29.0 Å². The van der Waals surface area contributed by atoms with Gasteiger partial charge in [-0.05, 0) is 42.6 Å². The second-order valence-electron chi connectivity index (χ2n) is 4.52. The van der Waals surface area contributed by atoms with Gasteiger partial charge in [0.05, 0.1) is 20.9 Å². The molecule has 0 saturated heterocycles. The molecule has 0 aliphatic heterocycles. The van der Waals surface area contributed by atoms with E-state index in [1.54, 1.807) is 29.5 Å². The Kier molecular flexibility index (Phi) is 3.93. The molecule has 3 nitrogen and oxygen atoms in total. The number of halogens is 2. The number of aryl methyl sites for hydroxylation is 1. The van der Waals surface area contributed by atoms with E-state index in [2.05, 4.69) is 5.32 Å². The molecule has 0 radical (unpaired) electrons. The van der Waals surface area contributed by atoms with Gasteiger partial charge in [-0.15, -0.1) is 11.3 Å². The summed E-state index contributed by atoms with van der Waals surface area (Å²) in [5, 5.41) is 5.82. The molecule has 0 bridgehead atoms. The van der Waals surface area contributed by atoms with Gasteiger partial charge in [-0.1, -0.05) is 23.2 Å². The van der Waals surface area contributed by atoms with E-state index in [0.29, 0.717) is 21.4 Å². The first-order valence-corrected chi connectivity index (χ1v) is 8.07. The van der Waals surface area contributed by atoms with Gasteiger partial charge in [-0.25, -0.2) is 0 Å². The van der Waals surface area contributed by atoms with Gasteiger partial charge in [0.2, 0.25) is 0 Å². The summed E-state index contributed by atoms with van der Waals surface area (Å²) in [7, 11) is 0. The molecule has 21 heavy (non-hydrogen) atoms. The van der Waals surface area contributed by atoms with Crippen LogP contribution in [0.5, 0.6) is 0 Å². The lowest BCUT2D eigenvalue weighted by Gasteiger charge is -2.10. The monoisotopic (exact) mass is 338 g/mol. The Morgan fingerprint density at radius 3 is 2.81 bits per heavy atom. The molecule has 0 aliphatic rings. The van der Waals surface area contributed by atoms with Crippen LogP contribution in [0, 0.1) is 0 Å². The van der Waals surface area contributed by atoms with Gasteiger partial charge in [0, 0.05) is 11.6 Å². The van der Waals surface area contributed by atoms with Crippen molar-refractivity contribution < 1.29 is 4.79 Å². The molecule has 0 aliphatic carbocycles. The maximum Gasteiger partial charge on any atom is 0.272 e. The molecule has 2 heterocycles. The Morgan fingerprint density at radius 2 is 2.10 bits per heavy atom. The van der Waals surface area contributed by atoms with Crippen molar-refractivity contribution in [2.45, 2.75) is 13.5 Å². The molecule has 0 atom stereocenters. The van der Waals surface area contributed by atoms with Crippen molar-refractivity contribution in [2.75, 3.05) is 5.32 Å². The van der Waals surface area contributed by atoms with Crippen LogP contribution in [-0.2, 0) is 6.54 Å². The summed E-state index contributed by atoms with van der Waals surface area (Å²) in [6.07, 6.45) is 0. The highest BCUT2D eigenvalue weighted by Gasteiger charge is 2.16. The van der Waals surface area contributed by atoms with Crippen LogP contribution in [0.15, 0.2) is 35.7 Å². The van der Waals surface area contributed by atoms with Crippen molar-refractivity contribution in [3.63, 3.8) is 0 Å². The molecule has 3 aromatic rings. The van der Waals surface area contributed by atoms with Crippen molar-refractivity contribution in [2.24, 2.45) is 0 Å². The Bertz CT molecular complexity index is 822. The quantitative estimate of drug-likeness (QED) is 0.692. The highest BCUT2D eigenvalue weighted by Crippen LogP contribution is 2.28. The van der Waals surface area contributed by atoms with E-state index in [1.165, 1.54) is 0 Å². The molecule has 2 aromatic heterocycles. The van der Waals surface area contributed by atoms with E-state index < -0.39 is 0 Å². The van der Waals surface area contributed by atoms with Gasteiger partial charge >= 0.3 is 0 Å². The van der Waals surface area contributed by atoms with Crippen LogP contribution in [0.2, 0.25) is 10.0 Å². The van der Waals surface area contributed by atoms with Gasteiger partial charge in [0.15, 0.2) is 0 Å². The standard InChI is InChI=1S/C15H12Cl2N2OS/c1-2-19-12-5-6-21-14(12)8-13(19)15(20)18-11-4-3-9(16)7-10(11)17/h3-8H,2H2,1H3,(H,18,20). The van der Waals surface area contributed by atoms with Gasteiger partial charge in [-0.2, -0.15) is 0 Å². The molecule has 1 amide bonds. The summed E-state index contributed by atoms with van der Waals surface area (Å²) in [6, 6.07) is 8.93. The fraction of sp³-hybridized carbons (Fsp3) is 0.133. The third-order valence-electron chi connectivity index (χ3n) is 3.25. The molecule has 108 valence electrons. The lowest BCUT2D eigenvalue weighted by molar-refractivity contribution is 0.101. The number of fused-ring (bicyclic) bond motifs is 1. The first-order valence-electron chi connectivity index (χ1n) is 6.43. The number of benzene rings is 1. The predicted octanol–water partition coefficient (Wildman–Crippen LogP) is 5.28. The molecule has 1 aromatic carbocycles. The zero-order valence-corrected chi connectivity index (χ0v) is 13.5. The van der Waals surface area contributed by atoms with Gasteiger partial charge < -0.3 is 9.88 Å². The molecule has 0 saturated carbocycles. The maximum atomic E-state index is 12.5. The molecule has 1 N–H and O–H groups in total. The number of aromatic nitrogens is 1. The zero-order valence-electron chi connectivity index (χ0n) is 11.2. The minimum absolute atomic E-state index is 0.176. The van der Waals surface area contributed by atoms with Crippen molar-refractivity contribution in [1.82, 2.24) is 4.57 Å². The summed E-state index contributed by atoms with van der Waals surface area (Å²) in [5.74, 6) is -0.176. The van der Waals surface area contributed by atoms with Crippen LogP contribution >= 0.6 is 34.5 Å². The highest BCUT2D eigenvalue weighted by molar-refractivity contribution is 7.17. The van der Waals surface area contributed by atoms with Crippen molar-refractivity contribution in [1.29, 1.82) is 0 Å². The van der Waals surface area contributed by atoms with E-state index >= 15 is 0 Å². The average Bonchev–Trinajstić information content (AvgIpc) is 3.01. The Morgan fingerprint density at radius 1 is 1.29 bits per heavy atom. The van der Waals surface area contributed by atoms with Crippen molar-refractivity contribution >= 4 is 56.3 Å². The number of nitrogens with one attached hydrogen (secondary N) is 1. The third kappa shape index (κ3) is 2.67. The van der Waals surface area contributed by atoms with Crippen LogP contribution < -0.4 is 5.32 Å². The Labute approximate surface area is 136 Å². The first-order chi connectivity index (χ1) is 10.1. The SMILES string of the molecule is CCn1c(C(=O)Nc2ccc(Cl)cc2Cl)cc2sccc21. The summed E-state index contributed by atoms with van der Waals surface area (Å²) >= 11 is 13.6. The number of carbonyl (C=O) groups excluding carboxylic acids is 1. The van der Waals surface area contributed by atoms with E-state index in [0.717, 1.165) is 16.8 Å². The number of carbonyl (C=O) groups is 1. The maximum absolute atomic E-state index is 12.5. The zero-order chi connectivity index (χ0) is 15.0. The summed E-state index contributed by atoms with van der Waals surface area (Å²) < 4.78 is 3.09. The van der Waals surface area contributed by atoms with Crippen LogP contribution in [0.1, 0.15) is 17.4 Å². The molecular formula is C15H12Cl2N2OS. The Balaban J connectivity index is 1.95. The van der Waals surface area contributed by atoms with Gasteiger partial charge in [0.1, 0.15) is 5.69 Å². The van der Waals surface area contributed by atoms with Crippen molar-refractivity contribution in [3.05, 3.63) is 51.5 Å².